The Bertz CT molecular complexity index is 432. The van der Waals surface area contributed by atoms with E-state index in [2.05, 4.69) is 27.4 Å². The lowest BCUT2D eigenvalue weighted by Gasteiger charge is -2.40. The van der Waals surface area contributed by atoms with Gasteiger partial charge in [-0.15, -0.1) is 0 Å². The van der Waals surface area contributed by atoms with E-state index in [1.807, 2.05) is 12.3 Å². The Morgan fingerprint density at radius 3 is 2.83 bits per heavy atom. The second-order valence-corrected chi connectivity index (χ2v) is 5.47. The van der Waals surface area contributed by atoms with E-state index < -0.39 is 0 Å². The second kappa shape index (κ2) is 4.59. The van der Waals surface area contributed by atoms with Gasteiger partial charge < -0.3 is 11.1 Å². The molecule has 1 aromatic heterocycles. The van der Waals surface area contributed by atoms with Gasteiger partial charge in [0.05, 0.1) is 6.54 Å². The molecule has 18 heavy (non-hydrogen) atoms. The fourth-order valence-corrected chi connectivity index (χ4v) is 2.49. The molecule has 2 fully saturated rings. The summed E-state index contributed by atoms with van der Waals surface area (Å²) in [6.07, 6.45) is 7.92. The number of nitrogens with zero attached hydrogens (tertiary/aromatic N) is 2. The Labute approximate surface area is 108 Å². The van der Waals surface area contributed by atoms with Crippen molar-refractivity contribution in [1.82, 2.24) is 10.3 Å². The van der Waals surface area contributed by atoms with Gasteiger partial charge in [0.1, 0.15) is 0 Å². The van der Waals surface area contributed by atoms with Crippen LogP contribution in [0.1, 0.15) is 37.8 Å². The van der Waals surface area contributed by atoms with Crippen molar-refractivity contribution in [3.8, 4) is 0 Å². The molecular formula is C14H20N4. The van der Waals surface area contributed by atoms with E-state index in [0.717, 1.165) is 6.54 Å². The van der Waals surface area contributed by atoms with Crippen molar-refractivity contribution < 1.29 is 0 Å². The van der Waals surface area contributed by atoms with Crippen LogP contribution < -0.4 is 11.1 Å². The molecule has 0 aliphatic heterocycles. The van der Waals surface area contributed by atoms with E-state index in [1.165, 1.54) is 37.8 Å². The molecule has 0 radical (unpaired) electrons. The number of hydrogen-bond acceptors (Lipinski definition) is 2. The van der Waals surface area contributed by atoms with Crippen molar-refractivity contribution >= 4 is 5.96 Å². The normalized spacial score (nSPS) is 22.3. The molecule has 96 valence electrons. The molecular weight excluding hydrogens is 224 g/mol. The Morgan fingerprint density at radius 1 is 1.44 bits per heavy atom. The van der Waals surface area contributed by atoms with E-state index in [9.17, 15) is 0 Å². The molecule has 2 aliphatic rings. The molecule has 3 N–H and O–H groups in total. The molecule has 3 rings (SSSR count). The van der Waals surface area contributed by atoms with Gasteiger partial charge in [-0.2, -0.15) is 0 Å². The number of hydrogen-bond donors (Lipinski definition) is 2. The summed E-state index contributed by atoms with van der Waals surface area (Å²) in [5.74, 6) is 0.597. The summed E-state index contributed by atoms with van der Waals surface area (Å²) >= 11 is 0. The molecule has 1 aromatic rings. The van der Waals surface area contributed by atoms with Crippen LogP contribution in [0.2, 0.25) is 0 Å². The predicted octanol–water partition coefficient (Wildman–Crippen LogP) is 1.57. The molecule has 2 aliphatic carbocycles. The number of guanidine groups is 1. The van der Waals surface area contributed by atoms with Gasteiger partial charge in [-0.05, 0) is 37.8 Å². The monoisotopic (exact) mass is 244 g/mol. The highest BCUT2D eigenvalue weighted by Gasteiger charge is 2.39. The van der Waals surface area contributed by atoms with Crippen LogP contribution in [0.25, 0.3) is 0 Å². The Balaban J connectivity index is 1.68. The van der Waals surface area contributed by atoms with Crippen molar-refractivity contribution in [2.24, 2.45) is 10.7 Å². The molecule has 4 nitrogen and oxygen atoms in total. The van der Waals surface area contributed by atoms with E-state index in [0.29, 0.717) is 12.0 Å². The summed E-state index contributed by atoms with van der Waals surface area (Å²) < 4.78 is 0. The summed E-state index contributed by atoms with van der Waals surface area (Å²) in [6, 6.07) is 6.69. The minimum Gasteiger partial charge on any atom is -0.370 e. The van der Waals surface area contributed by atoms with Crippen LogP contribution in [0.15, 0.2) is 29.4 Å². The zero-order valence-electron chi connectivity index (χ0n) is 10.6. The van der Waals surface area contributed by atoms with Crippen LogP contribution in [0.3, 0.4) is 0 Å². The van der Waals surface area contributed by atoms with E-state index in [1.54, 1.807) is 0 Å². The lowest BCUT2D eigenvalue weighted by molar-refractivity contribution is 0.246. The number of nitrogens with one attached hydrogen (secondary N) is 1. The van der Waals surface area contributed by atoms with Gasteiger partial charge in [0, 0.05) is 23.3 Å². The molecule has 0 aromatic carbocycles. The van der Waals surface area contributed by atoms with Crippen molar-refractivity contribution in [3.63, 3.8) is 0 Å². The van der Waals surface area contributed by atoms with Crippen molar-refractivity contribution in [1.29, 1.82) is 0 Å². The van der Waals surface area contributed by atoms with Gasteiger partial charge in [0.15, 0.2) is 5.96 Å². The molecule has 0 unspecified atom stereocenters. The van der Waals surface area contributed by atoms with Gasteiger partial charge in [-0.25, -0.2) is 0 Å². The van der Waals surface area contributed by atoms with Gasteiger partial charge in [-0.3, -0.25) is 9.98 Å². The first-order valence-corrected chi connectivity index (χ1v) is 6.76. The molecule has 0 atom stereocenters. The maximum atomic E-state index is 5.90. The molecule has 4 heteroatoms. The molecule has 0 spiro atoms. The molecule has 0 amide bonds. The lowest BCUT2D eigenvalue weighted by Crippen LogP contribution is -2.40. The van der Waals surface area contributed by atoms with Gasteiger partial charge >= 0.3 is 0 Å². The Morgan fingerprint density at radius 2 is 2.28 bits per heavy atom. The third-order valence-corrected chi connectivity index (χ3v) is 4.00. The van der Waals surface area contributed by atoms with Crippen LogP contribution in [-0.2, 0) is 5.41 Å². The van der Waals surface area contributed by atoms with Crippen molar-refractivity contribution in [3.05, 3.63) is 30.1 Å². The quantitative estimate of drug-likeness (QED) is 0.624. The van der Waals surface area contributed by atoms with Crippen molar-refractivity contribution in [2.45, 2.75) is 43.6 Å². The van der Waals surface area contributed by atoms with E-state index in [-0.39, 0.29) is 5.41 Å². The SMILES string of the molecule is NC(=NCC1(c2ccccn2)CCC1)NC1CC1. The van der Waals surface area contributed by atoms with Gasteiger partial charge in [0.25, 0.3) is 0 Å². The van der Waals surface area contributed by atoms with Crippen molar-refractivity contribution in [2.75, 3.05) is 6.54 Å². The number of aromatic nitrogens is 1. The fraction of sp³-hybridized carbons (Fsp3) is 0.571. The summed E-state index contributed by atoms with van der Waals surface area (Å²) in [4.78, 5) is 9.01. The molecule has 0 saturated heterocycles. The minimum atomic E-state index is 0.136. The third kappa shape index (κ3) is 2.33. The summed E-state index contributed by atoms with van der Waals surface area (Å²) in [5.41, 5.74) is 7.20. The highest BCUT2D eigenvalue weighted by atomic mass is 15.1. The van der Waals surface area contributed by atoms with Crippen LogP contribution >= 0.6 is 0 Å². The largest absolute Gasteiger partial charge is 0.370 e. The van der Waals surface area contributed by atoms with E-state index >= 15 is 0 Å². The first kappa shape index (κ1) is 11.5. The molecule has 0 bridgehead atoms. The topological polar surface area (TPSA) is 63.3 Å². The predicted molar refractivity (Wildman–Crippen MR) is 72.4 cm³/mol. The number of aliphatic imine (C=N–C) groups is 1. The number of rotatable bonds is 4. The van der Waals surface area contributed by atoms with Gasteiger partial charge in [0.2, 0.25) is 0 Å². The first-order chi connectivity index (χ1) is 8.78. The average molecular weight is 244 g/mol. The van der Waals surface area contributed by atoms with Crippen LogP contribution in [-0.4, -0.2) is 23.5 Å². The Hall–Kier alpha value is -1.58. The van der Waals surface area contributed by atoms with Crippen LogP contribution in [0.5, 0.6) is 0 Å². The standard InChI is InChI=1S/C14H20N4/c15-13(18-11-5-6-11)17-10-14(7-3-8-14)12-4-1-2-9-16-12/h1-2,4,9,11H,3,5-8,10H2,(H3,15,17,18). The van der Waals surface area contributed by atoms with Gasteiger partial charge in [-0.1, -0.05) is 12.5 Å². The second-order valence-electron chi connectivity index (χ2n) is 5.47. The minimum absolute atomic E-state index is 0.136. The summed E-state index contributed by atoms with van der Waals surface area (Å²) in [7, 11) is 0. The molecule has 2 saturated carbocycles. The maximum absolute atomic E-state index is 5.90. The summed E-state index contributed by atoms with van der Waals surface area (Å²) in [6.45, 7) is 0.759. The fourth-order valence-electron chi connectivity index (χ4n) is 2.49. The third-order valence-electron chi connectivity index (χ3n) is 4.00. The van der Waals surface area contributed by atoms with Crippen LogP contribution in [0, 0.1) is 0 Å². The van der Waals surface area contributed by atoms with E-state index in [4.69, 9.17) is 5.73 Å². The zero-order valence-corrected chi connectivity index (χ0v) is 10.6. The number of nitrogens with two attached hydrogens (primary N) is 1. The molecule has 1 heterocycles. The summed E-state index contributed by atoms with van der Waals surface area (Å²) in [5, 5.41) is 3.23. The number of pyridine rings is 1. The highest BCUT2D eigenvalue weighted by molar-refractivity contribution is 5.78. The first-order valence-electron chi connectivity index (χ1n) is 6.76. The lowest BCUT2D eigenvalue weighted by atomic mass is 9.66. The Kier molecular flexibility index (Phi) is 2.94. The highest BCUT2D eigenvalue weighted by Crippen LogP contribution is 2.42. The van der Waals surface area contributed by atoms with Crippen LogP contribution in [0.4, 0.5) is 0 Å². The zero-order chi connectivity index (χ0) is 12.4. The average Bonchev–Trinajstić information content (AvgIpc) is 3.13. The smallest absolute Gasteiger partial charge is 0.188 e. The maximum Gasteiger partial charge on any atom is 0.188 e.